The maximum absolute atomic E-state index is 12.8. The lowest BCUT2D eigenvalue weighted by Crippen LogP contribution is -2.47. The van der Waals surface area contributed by atoms with Gasteiger partial charge in [-0.2, -0.15) is 0 Å². The molecule has 0 aliphatic carbocycles. The SMILES string of the molecule is Cl.NCC1CCCCN1C(=O)c1ccc(Cl)c(N2CCNC2=O)c1. The topological polar surface area (TPSA) is 78.7 Å². The van der Waals surface area contributed by atoms with Crippen LogP contribution in [0.25, 0.3) is 0 Å². The number of carbonyl (C=O) groups is 2. The Morgan fingerprint density at radius 3 is 2.79 bits per heavy atom. The summed E-state index contributed by atoms with van der Waals surface area (Å²) in [5.41, 5.74) is 6.93. The van der Waals surface area contributed by atoms with Gasteiger partial charge < -0.3 is 16.0 Å². The summed E-state index contributed by atoms with van der Waals surface area (Å²) >= 11 is 6.22. The predicted octanol–water partition coefficient (Wildman–Crippen LogP) is 2.24. The van der Waals surface area contributed by atoms with E-state index in [2.05, 4.69) is 5.32 Å². The number of nitrogens with one attached hydrogen (secondary N) is 1. The zero-order valence-corrected chi connectivity index (χ0v) is 14.9. The Morgan fingerprint density at radius 1 is 1.33 bits per heavy atom. The highest BCUT2D eigenvalue weighted by Crippen LogP contribution is 2.29. The van der Waals surface area contributed by atoms with Gasteiger partial charge >= 0.3 is 6.03 Å². The van der Waals surface area contributed by atoms with Crippen LogP contribution in [-0.2, 0) is 0 Å². The molecule has 1 unspecified atom stereocenters. The van der Waals surface area contributed by atoms with E-state index in [1.54, 1.807) is 23.1 Å². The number of halogens is 2. The van der Waals surface area contributed by atoms with Gasteiger partial charge in [0.15, 0.2) is 0 Å². The van der Waals surface area contributed by atoms with E-state index in [1.807, 2.05) is 4.90 Å². The molecule has 1 aromatic rings. The van der Waals surface area contributed by atoms with Gasteiger partial charge in [-0.05, 0) is 37.5 Å². The number of nitrogens with zero attached hydrogens (tertiary/aromatic N) is 2. The maximum Gasteiger partial charge on any atom is 0.322 e. The van der Waals surface area contributed by atoms with E-state index in [0.29, 0.717) is 35.9 Å². The molecule has 1 aromatic carbocycles. The molecule has 0 aromatic heterocycles. The van der Waals surface area contributed by atoms with Gasteiger partial charge in [-0.1, -0.05) is 11.6 Å². The van der Waals surface area contributed by atoms with Crippen molar-refractivity contribution < 1.29 is 9.59 Å². The zero-order chi connectivity index (χ0) is 16.4. The molecule has 2 aliphatic rings. The van der Waals surface area contributed by atoms with E-state index in [4.69, 9.17) is 17.3 Å². The molecule has 2 heterocycles. The van der Waals surface area contributed by atoms with Crippen molar-refractivity contribution in [2.75, 3.05) is 31.1 Å². The quantitative estimate of drug-likeness (QED) is 0.853. The van der Waals surface area contributed by atoms with Crippen LogP contribution in [0.1, 0.15) is 29.6 Å². The first-order valence-corrected chi connectivity index (χ1v) is 8.35. The van der Waals surface area contributed by atoms with Gasteiger partial charge in [0.1, 0.15) is 0 Å². The minimum atomic E-state index is -0.186. The lowest BCUT2D eigenvalue weighted by molar-refractivity contribution is 0.0623. The molecular weight excluding hydrogens is 351 g/mol. The van der Waals surface area contributed by atoms with Crippen molar-refractivity contribution in [1.29, 1.82) is 0 Å². The van der Waals surface area contributed by atoms with Gasteiger partial charge in [-0.3, -0.25) is 9.69 Å². The maximum atomic E-state index is 12.8. The van der Waals surface area contributed by atoms with Crippen molar-refractivity contribution in [2.45, 2.75) is 25.3 Å². The zero-order valence-electron chi connectivity index (χ0n) is 13.3. The number of hydrogen-bond donors (Lipinski definition) is 2. The molecular formula is C16H22Cl2N4O2. The third-order valence-electron chi connectivity index (χ3n) is 4.50. The standard InChI is InChI=1S/C16H21ClN4O2.ClH/c17-13-5-4-11(9-14(13)21-8-6-19-16(21)23)15(22)20-7-2-1-3-12(20)10-18;/h4-5,9,12H,1-3,6-8,10,18H2,(H,19,23);1H. The molecule has 0 radical (unpaired) electrons. The fraction of sp³-hybridized carbons (Fsp3) is 0.500. The number of urea groups is 1. The van der Waals surface area contributed by atoms with E-state index in [9.17, 15) is 9.59 Å². The molecule has 24 heavy (non-hydrogen) atoms. The number of nitrogens with two attached hydrogens (primary N) is 1. The highest BCUT2D eigenvalue weighted by atomic mass is 35.5. The summed E-state index contributed by atoms with van der Waals surface area (Å²) in [7, 11) is 0. The molecule has 2 saturated heterocycles. The lowest BCUT2D eigenvalue weighted by atomic mass is 10.0. The van der Waals surface area contributed by atoms with Crippen molar-refractivity contribution in [3.05, 3.63) is 28.8 Å². The highest BCUT2D eigenvalue weighted by Gasteiger charge is 2.28. The Kier molecular flexibility index (Phi) is 6.32. The third kappa shape index (κ3) is 3.61. The van der Waals surface area contributed by atoms with E-state index in [0.717, 1.165) is 25.8 Å². The highest BCUT2D eigenvalue weighted by molar-refractivity contribution is 6.34. The Labute approximate surface area is 152 Å². The molecule has 2 fully saturated rings. The average Bonchev–Trinajstić information content (AvgIpc) is 3.00. The van der Waals surface area contributed by atoms with Crippen molar-refractivity contribution in [1.82, 2.24) is 10.2 Å². The summed E-state index contributed by atoms with van der Waals surface area (Å²) in [6.07, 6.45) is 3.04. The molecule has 0 bridgehead atoms. The third-order valence-corrected chi connectivity index (χ3v) is 4.82. The summed E-state index contributed by atoms with van der Waals surface area (Å²) < 4.78 is 0. The Balaban J connectivity index is 0.00000208. The molecule has 3 amide bonds. The summed E-state index contributed by atoms with van der Waals surface area (Å²) in [5, 5.41) is 3.21. The first-order chi connectivity index (χ1) is 11.1. The molecule has 3 N–H and O–H groups in total. The second-order valence-electron chi connectivity index (χ2n) is 5.93. The Hall–Kier alpha value is -1.50. The fourth-order valence-corrected chi connectivity index (χ4v) is 3.45. The van der Waals surface area contributed by atoms with E-state index in [1.165, 1.54) is 0 Å². The van der Waals surface area contributed by atoms with Crippen molar-refractivity contribution >= 4 is 41.6 Å². The lowest BCUT2D eigenvalue weighted by Gasteiger charge is -2.35. The summed E-state index contributed by atoms with van der Waals surface area (Å²) in [5.74, 6) is -0.0438. The fourth-order valence-electron chi connectivity index (χ4n) is 3.23. The monoisotopic (exact) mass is 372 g/mol. The van der Waals surface area contributed by atoms with Crippen LogP contribution in [0.5, 0.6) is 0 Å². The number of piperidine rings is 1. The molecule has 2 aliphatic heterocycles. The van der Waals surface area contributed by atoms with Crippen LogP contribution in [0.2, 0.25) is 5.02 Å². The number of amides is 3. The second kappa shape index (κ2) is 8.05. The number of hydrogen-bond acceptors (Lipinski definition) is 3. The van der Waals surface area contributed by atoms with Gasteiger partial charge in [-0.15, -0.1) is 12.4 Å². The van der Waals surface area contributed by atoms with E-state index < -0.39 is 0 Å². The van der Waals surface area contributed by atoms with Crippen molar-refractivity contribution in [3.63, 3.8) is 0 Å². The van der Waals surface area contributed by atoms with Crippen LogP contribution in [0, 0.1) is 0 Å². The molecule has 3 rings (SSSR count). The van der Waals surface area contributed by atoms with Gasteiger partial charge in [0.25, 0.3) is 5.91 Å². The summed E-state index contributed by atoms with van der Waals surface area (Å²) in [6, 6.07) is 5.00. The number of anilines is 1. The van der Waals surface area contributed by atoms with Crippen LogP contribution >= 0.6 is 24.0 Å². The van der Waals surface area contributed by atoms with Gasteiger partial charge in [0.2, 0.25) is 0 Å². The molecule has 0 spiro atoms. The Bertz CT molecular complexity index is 626. The summed E-state index contributed by atoms with van der Waals surface area (Å²) in [4.78, 5) is 28.1. The first-order valence-electron chi connectivity index (χ1n) is 7.98. The molecule has 0 saturated carbocycles. The van der Waals surface area contributed by atoms with Crippen LogP contribution in [0.15, 0.2) is 18.2 Å². The summed E-state index contributed by atoms with van der Waals surface area (Å²) in [6.45, 7) is 2.32. The number of benzene rings is 1. The number of likely N-dealkylation sites (tertiary alicyclic amines) is 1. The van der Waals surface area contributed by atoms with Crippen molar-refractivity contribution in [3.8, 4) is 0 Å². The van der Waals surface area contributed by atoms with Crippen LogP contribution in [0.4, 0.5) is 10.5 Å². The normalized spacial score (nSPS) is 20.6. The van der Waals surface area contributed by atoms with Gasteiger partial charge in [0, 0.05) is 37.8 Å². The minimum absolute atomic E-state index is 0. The first kappa shape index (κ1) is 18.8. The van der Waals surface area contributed by atoms with Crippen LogP contribution < -0.4 is 16.0 Å². The van der Waals surface area contributed by atoms with Crippen LogP contribution in [0.3, 0.4) is 0 Å². The second-order valence-corrected chi connectivity index (χ2v) is 6.34. The molecule has 1 atom stereocenters. The van der Waals surface area contributed by atoms with E-state index >= 15 is 0 Å². The number of rotatable bonds is 3. The van der Waals surface area contributed by atoms with Gasteiger partial charge in [-0.25, -0.2) is 4.79 Å². The number of carbonyl (C=O) groups excluding carboxylic acids is 2. The largest absolute Gasteiger partial charge is 0.336 e. The van der Waals surface area contributed by atoms with Crippen LogP contribution in [-0.4, -0.2) is 49.1 Å². The minimum Gasteiger partial charge on any atom is -0.336 e. The average molecular weight is 373 g/mol. The Morgan fingerprint density at radius 2 is 2.12 bits per heavy atom. The van der Waals surface area contributed by atoms with E-state index in [-0.39, 0.29) is 30.4 Å². The van der Waals surface area contributed by atoms with Gasteiger partial charge in [0.05, 0.1) is 10.7 Å². The molecule has 132 valence electrons. The predicted molar refractivity (Wildman–Crippen MR) is 97.2 cm³/mol. The van der Waals surface area contributed by atoms with Crippen molar-refractivity contribution in [2.24, 2.45) is 5.73 Å². The molecule has 6 nitrogen and oxygen atoms in total. The smallest absolute Gasteiger partial charge is 0.322 e. The molecule has 8 heteroatoms.